The molecule has 1 fully saturated rings. The van der Waals surface area contributed by atoms with E-state index in [-0.39, 0.29) is 30.4 Å². The highest BCUT2D eigenvalue weighted by Crippen LogP contribution is 2.30. The second-order valence-electron chi connectivity index (χ2n) is 9.35. The van der Waals surface area contributed by atoms with E-state index in [0.29, 0.717) is 25.3 Å². The molecule has 0 spiro atoms. The Labute approximate surface area is 203 Å². The summed E-state index contributed by atoms with van der Waals surface area (Å²) in [7, 11) is 3.59. The lowest BCUT2D eigenvalue weighted by atomic mass is 10.0. The molecule has 2 aromatic carbocycles. The van der Waals surface area contributed by atoms with Crippen LogP contribution in [0.3, 0.4) is 0 Å². The highest BCUT2D eigenvalue weighted by atomic mass is 16.3. The normalized spacial score (nSPS) is 18.7. The molecule has 0 bridgehead atoms. The van der Waals surface area contributed by atoms with Gasteiger partial charge >= 0.3 is 0 Å². The van der Waals surface area contributed by atoms with Crippen molar-refractivity contribution in [3.8, 4) is 11.4 Å². The number of carbonyl (C=O) groups excluding carboxylic acids is 2. The van der Waals surface area contributed by atoms with Gasteiger partial charge in [0.1, 0.15) is 0 Å². The summed E-state index contributed by atoms with van der Waals surface area (Å²) in [6.45, 7) is 1.99. The molecular formula is C25H29N7O3. The number of aliphatic hydroxyl groups is 1. The number of likely N-dealkylation sites (tertiary alicyclic amines) is 1. The van der Waals surface area contributed by atoms with Crippen molar-refractivity contribution < 1.29 is 14.7 Å². The van der Waals surface area contributed by atoms with E-state index >= 15 is 0 Å². The third kappa shape index (κ3) is 4.80. The molecule has 2 amide bonds. The molecule has 3 heterocycles. The molecular weight excluding hydrogens is 446 g/mol. The quantitative estimate of drug-likeness (QED) is 0.527. The van der Waals surface area contributed by atoms with E-state index in [1.54, 1.807) is 16.8 Å². The van der Waals surface area contributed by atoms with Gasteiger partial charge in [0.25, 0.3) is 0 Å². The van der Waals surface area contributed by atoms with Crippen molar-refractivity contribution in [2.45, 2.75) is 31.4 Å². The average Bonchev–Trinajstić information content (AvgIpc) is 3.59. The molecule has 2 aliphatic heterocycles. The molecule has 182 valence electrons. The van der Waals surface area contributed by atoms with Crippen LogP contribution >= 0.6 is 0 Å². The number of β-amino-alcohol motifs (C(OH)–C–C–N with tert-alkyl or cyclic N) is 1. The van der Waals surface area contributed by atoms with Crippen molar-refractivity contribution in [1.29, 1.82) is 0 Å². The van der Waals surface area contributed by atoms with Gasteiger partial charge < -0.3 is 14.9 Å². The van der Waals surface area contributed by atoms with E-state index in [1.165, 1.54) is 0 Å². The Balaban J connectivity index is 1.39. The number of H-pyrrole nitrogens is 1. The Morgan fingerprint density at radius 1 is 1.29 bits per heavy atom. The maximum absolute atomic E-state index is 13.5. The molecule has 5 rings (SSSR count). The number of rotatable bonds is 7. The minimum absolute atomic E-state index is 0.0216. The standard InChI is InChI=1S/C25H29N7O3/c1-30-21-10-16(6-7-18(21)13-24(30)35)11-23(34)31(2)22(15-32-9-8-20(33)14-32)17-4-3-5-19(12-17)25-26-28-29-27-25/h3-7,10,12,20,22,33H,8-9,11,13-15H2,1-2H3,(H,26,27,28,29)/t20?,22-/m1/s1. The van der Waals surface area contributed by atoms with Crippen LogP contribution < -0.4 is 4.90 Å². The Morgan fingerprint density at radius 3 is 2.89 bits per heavy atom. The maximum Gasteiger partial charge on any atom is 0.231 e. The van der Waals surface area contributed by atoms with Gasteiger partial charge in [-0.2, -0.15) is 5.21 Å². The van der Waals surface area contributed by atoms with Gasteiger partial charge in [0, 0.05) is 45.0 Å². The number of aromatic amines is 1. The van der Waals surface area contributed by atoms with E-state index in [4.69, 9.17) is 0 Å². The van der Waals surface area contributed by atoms with E-state index < -0.39 is 0 Å². The summed E-state index contributed by atoms with van der Waals surface area (Å²) in [6, 6.07) is 13.4. The number of hydrogen-bond acceptors (Lipinski definition) is 7. The number of benzene rings is 2. The van der Waals surface area contributed by atoms with Crippen LogP contribution in [0.2, 0.25) is 0 Å². The van der Waals surface area contributed by atoms with E-state index in [0.717, 1.165) is 40.9 Å². The van der Waals surface area contributed by atoms with Gasteiger partial charge in [-0.1, -0.05) is 30.3 Å². The van der Waals surface area contributed by atoms with Crippen LogP contribution in [-0.2, 0) is 22.4 Å². The monoisotopic (exact) mass is 475 g/mol. The molecule has 1 aromatic heterocycles. The third-order valence-electron chi connectivity index (χ3n) is 7.00. The van der Waals surface area contributed by atoms with Crippen LogP contribution in [0.25, 0.3) is 11.4 Å². The summed E-state index contributed by atoms with van der Waals surface area (Å²) in [6.07, 6.45) is 1.03. The van der Waals surface area contributed by atoms with Gasteiger partial charge in [-0.05, 0) is 40.5 Å². The van der Waals surface area contributed by atoms with Gasteiger partial charge in [0.05, 0.1) is 25.0 Å². The number of carbonyl (C=O) groups is 2. The summed E-state index contributed by atoms with van der Waals surface area (Å²) in [5.41, 5.74) is 4.51. The number of nitrogens with zero attached hydrogens (tertiary/aromatic N) is 6. The largest absolute Gasteiger partial charge is 0.392 e. The summed E-state index contributed by atoms with van der Waals surface area (Å²) in [4.78, 5) is 31.1. The zero-order valence-corrected chi connectivity index (χ0v) is 19.9. The predicted octanol–water partition coefficient (Wildman–Crippen LogP) is 1.19. The van der Waals surface area contributed by atoms with Crippen molar-refractivity contribution >= 4 is 17.5 Å². The molecule has 10 heteroatoms. The molecule has 2 aliphatic rings. The first-order valence-corrected chi connectivity index (χ1v) is 11.8. The van der Waals surface area contributed by atoms with Crippen molar-refractivity contribution in [2.24, 2.45) is 0 Å². The second-order valence-corrected chi connectivity index (χ2v) is 9.35. The van der Waals surface area contributed by atoms with Crippen molar-refractivity contribution in [2.75, 3.05) is 38.6 Å². The zero-order chi connectivity index (χ0) is 24.5. The number of fused-ring (bicyclic) bond motifs is 1. The number of amides is 2. The Kier molecular flexibility index (Phi) is 6.31. The lowest BCUT2D eigenvalue weighted by Gasteiger charge is -2.32. The smallest absolute Gasteiger partial charge is 0.231 e. The number of likely N-dealkylation sites (N-methyl/N-ethyl adjacent to an activating group) is 2. The van der Waals surface area contributed by atoms with Gasteiger partial charge in [0.2, 0.25) is 17.6 Å². The van der Waals surface area contributed by atoms with E-state index in [2.05, 4.69) is 25.5 Å². The van der Waals surface area contributed by atoms with Crippen molar-refractivity contribution in [3.63, 3.8) is 0 Å². The molecule has 0 radical (unpaired) electrons. The number of aliphatic hydroxyl groups excluding tert-OH is 1. The van der Waals surface area contributed by atoms with Crippen LogP contribution in [0.1, 0.15) is 29.2 Å². The van der Waals surface area contributed by atoms with Crippen LogP contribution in [0, 0.1) is 0 Å². The van der Waals surface area contributed by atoms with E-state index in [1.807, 2.05) is 49.5 Å². The highest BCUT2D eigenvalue weighted by Gasteiger charge is 2.29. The molecule has 3 aromatic rings. The summed E-state index contributed by atoms with van der Waals surface area (Å²) in [5, 5.41) is 24.3. The molecule has 0 saturated carbocycles. The first kappa shape index (κ1) is 23.1. The number of aromatic nitrogens is 4. The second kappa shape index (κ2) is 9.55. The highest BCUT2D eigenvalue weighted by molar-refractivity contribution is 6.01. The minimum atomic E-state index is -0.339. The number of anilines is 1. The first-order valence-electron chi connectivity index (χ1n) is 11.8. The lowest BCUT2D eigenvalue weighted by Crippen LogP contribution is -2.39. The summed E-state index contributed by atoms with van der Waals surface area (Å²) >= 11 is 0. The van der Waals surface area contributed by atoms with Gasteiger partial charge in [0.15, 0.2) is 0 Å². The molecule has 10 nitrogen and oxygen atoms in total. The third-order valence-corrected chi connectivity index (χ3v) is 7.00. The van der Waals surface area contributed by atoms with Crippen LogP contribution in [0.15, 0.2) is 42.5 Å². The predicted molar refractivity (Wildman–Crippen MR) is 129 cm³/mol. The van der Waals surface area contributed by atoms with Crippen LogP contribution in [0.5, 0.6) is 0 Å². The summed E-state index contributed by atoms with van der Waals surface area (Å²) < 4.78 is 0. The Bertz CT molecular complexity index is 1230. The molecule has 2 atom stereocenters. The van der Waals surface area contributed by atoms with Crippen molar-refractivity contribution in [3.05, 3.63) is 59.2 Å². The van der Waals surface area contributed by atoms with Crippen molar-refractivity contribution in [1.82, 2.24) is 30.4 Å². The van der Waals surface area contributed by atoms with Crippen LogP contribution in [-0.4, -0.2) is 87.2 Å². The molecule has 35 heavy (non-hydrogen) atoms. The molecule has 1 saturated heterocycles. The van der Waals surface area contributed by atoms with E-state index in [9.17, 15) is 14.7 Å². The maximum atomic E-state index is 13.5. The van der Waals surface area contributed by atoms with Crippen LogP contribution in [0.4, 0.5) is 5.69 Å². The SMILES string of the molecule is CN1C(=O)Cc2ccc(CC(=O)N(C)[C@H](CN3CCC(O)C3)c3cccc(-c4nn[nH]n4)c3)cc21. The molecule has 1 unspecified atom stereocenters. The van der Waals surface area contributed by atoms with Gasteiger partial charge in [-0.25, -0.2) is 0 Å². The molecule has 0 aliphatic carbocycles. The Morgan fingerprint density at radius 2 is 2.14 bits per heavy atom. The Hall–Kier alpha value is -3.63. The number of hydrogen-bond donors (Lipinski definition) is 2. The number of nitrogens with one attached hydrogen (secondary N) is 1. The fourth-order valence-corrected chi connectivity index (χ4v) is 4.91. The molecule has 2 N–H and O–H groups in total. The fourth-order valence-electron chi connectivity index (χ4n) is 4.91. The number of tetrazole rings is 1. The average molecular weight is 476 g/mol. The first-order chi connectivity index (χ1) is 16.9. The summed E-state index contributed by atoms with van der Waals surface area (Å²) in [5.74, 6) is 0.537. The minimum Gasteiger partial charge on any atom is -0.392 e. The van der Waals surface area contributed by atoms with Gasteiger partial charge in [-0.3, -0.25) is 14.5 Å². The fraction of sp³-hybridized carbons (Fsp3) is 0.400. The topological polar surface area (TPSA) is 119 Å². The van der Waals surface area contributed by atoms with Gasteiger partial charge in [-0.15, -0.1) is 10.2 Å². The lowest BCUT2D eigenvalue weighted by molar-refractivity contribution is -0.131. The zero-order valence-electron chi connectivity index (χ0n) is 19.9.